The number of carbonyl (C=O) groups excluding carboxylic acids is 1. The molecule has 2 aromatic rings. The first-order valence-electron chi connectivity index (χ1n) is 8.09. The lowest BCUT2D eigenvalue weighted by atomic mass is 10.2. The van der Waals surface area contributed by atoms with Crippen molar-refractivity contribution in [1.29, 1.82) is 0 Å². The Morgan fingerprint density at radius 2 is 2.04 bits per heavy atom. The summed E-state index contributed by atoms with van der Waals surface area (Å²) >= 11 is 0. The molecule has 0 fully saturated rings. The highest BCUT2D eigenvalue weighted by molar-refractivity contribution is 6.05. The monoisotopic (exact) mass is 328 g/mol. The fraction of sp³-hybridized carbons (Fsp3) is 0.389. The Hall–Kier alpha value is -2.47. The molecule has 6 heteroatoms. The normalized spacial score (nSPS) is 10.5. The average Bonchev–Trinajstić information content (AvgIpc) is 2.60. The van der Waals surface area contributed by atoms with Gasteiger partial charge in [0.05, 0.1) is 5.56 Å². The van der Waals surface area contributed by atoms with E-state index in [0.29, 0.717) is 24.7 Å². The van der Waals surface area contributed by atoms with Crippen LogP contribution in [0.15, 0.2) is 36.7 Å². The number of ether oxygens (including phenoxy) is 1. The van der Waals surface area contributed by atoms with Gasteiger partial charge in [-0.25, -0.2) is 9.97 Å². The zero-order chi connectivity index (χ0) is 17.4. The van der Waals surface area contributed by atoms with Crippen molar-refractivity contribution in [3.8, 4) is 0 Å². The van der Waals surface area contributed by atoms with Gasteiger partial charge in [-0.2, -0.15) is 0 Å². The van der Waals surface area contributed by atoms with E-state index in [-0.39, 0.29) is 5.91 Å². The van der Waals surface area contributed by atoms with Crippen molar-refractivity contribution >= 4 is 17.5 Å². The van der Waals surface area contributed by atoms with Gasteiger partial charge in [0.2, 0.25) is 5.95 Å². The summed E-state index contributed by atoms with van der Waals surface area (Å²) in [4.78, 5) is 22.9. The molecule has 1 N–H and O–H groups in total. The minimum Gasteiger partial charge on any atom is -0.385 e. The molecule has 0 aliphatic heterocycles. The molecule has 6 nitrogen and oxygen atoms in total. The maximum atomic E-state index is 12.7. The lowest BCUT2D eigenvalue weighted by molar-refractivity contribution is 0.0987. The molecular formula is C18H24N4O2. The van der Waals surface area contributed by atoms with Crippen LogP contribution < -0.4 is 10.2 Å². The molecule has 0 saturated carbocycles. The molecule has 128 valence electrons. The van der Waals surface area contributed by atoms with Gasteiger partial charge in [0.15, 0.2) is 0 Å². The van der Waals surface area contributed by atoms with Crippen molar-refractivity contribution < 1.29 is 9.53 Å². The molecule has 1 heterocycles. The molecule has 0 radical (unpaired) electrons. The topological polar surface area (TPSA) is 67.4 Å². The largest absolute Gasteiger partial charge is 0.385 e. The molecule has 1 amide bonds. The van der Waals surface area contributed by atoms with Crippen molar-refractivity contribution in [3.05, 3.63) is 47.8 Å². The second kappa shape index (κ2) is 8.98. The SMILES string of the molecule is CCN(C(=O)c1cnc(NCCCOC)nc1)c1cccc(C)c1. The maximum absolute atomic E-state index is 12.7. The Bertz CT molecular complexity index is 658. The second-order valence-corrected chi connectivity index (χ2v) is 5.46. The van der Waals surface area contributed by atoms with Crippen molar-refractivity contribution in [2.75, 3.05) is 37.0 Å². The fourth-order valence-electron chi connectivity index (χ4n) is 2.34. The van der Waals surface area contributed by atoms with Crippen LogP contribution in [0.2, 0.25) is 0 Å². The summed E-state index contributed by atoms with van der Waals surface area (Å²) in [6.45, 7) is 5.96. The number of benzene rings is 1. The number of hydrogen-bond donors (Lipinski definition) is 1. The van der Waals surface area contributed by atoms with E-state index in [1.165, 1.54) is 0 Å². The van der Waals surface area contributed by atoms with E-state index in [1.54, 1.807) is 24.4 Å². The van der Waals surface area contributed by atoms with Crippen molar-refractivity contribution in [2.24, 2.45) is 0 Å². The lowest BCUT2D eigenvalue weighted by Crippen LogP contribution is -2.30. The van der Waals surface area contributed by atoms with Crippen molar-refractivity contribution in [2.45, 2.75) is 20.3 Å². The number of aromatic nitrogens is 2. The molecule has 0 bridgehead atoms. The van der Waals surface area contributed by atoms with Crippen LogP contribution in [-0.2, 0) is 4.74 Å². The second-order valence-electron chi connectivity index (χ2n) is 5.46. The third kappa shape index (κ3) is 4.76. The van der Waals surface area contributed by atoms with E-state index >= 15 is 0 Å². The summed E-state index contributed by atoms with van der Waals surface area (Å²) in [6.07, 6.45) is 4.00. The molecule has 0 aliphatic carbocycles. The van der Waals surface area contributed by atoms with Crippen LogP contribution in [0.3, 0.4) is 0 Å². The number of hydrogen-bond acceptors (Lipinski definition) is 5. The highest BCUT2D eigenvalue weighted by Crippen LogP contribution is 2.18. The third-order valence-corrected chi connectivity index (χ3v) is 3.58. The maximum Gasteiger partial charge on any atom is 0.261 e. The van der Waals surface area contributed by atoms with Crippen LogP contribution in [0, 0.1) is 6.92 Å². The minimum atomic E-state index is -0.103. The van der Waals surface area contributed by atoms with Gasteiger partial charge in [0.25, 0.3) is 5.91 Å². The van der Waals surface area contributed by atoms with Crippen LogP contribution in [0.5, 0.6) is 0 Å². The number of aryl methyl sites for hydroxylation is 1. The van der Waals surface area contributed by atoms with Crippen LogP contribution in [0.1, 0.15) is 29.3 Å². The first kappa shape index (κ1) is 17.9. The van der Waals surface area contributed by atoms with Gasteiger partial charge >= 0.3 is 0 Å². The van der Waals surface area contributed by atoms with Crippen LogP contribution in [0.4, 0.5) is 11.6 Å². The Morgan fingerprint density at radius 1 is 1.29 bits per heavy atom. The number of nitrogens with zero attached hydrogens (tertiary/aromatic N) is 3. The Labute approximate surface area is 142 Å². The van der Waals surface area contributed by atoms with Crippen LogP contribution in [-0.4, -0.2) is 42.7 Å². The highest BCUT2D eigenvalue weighted by Gasteiger charge is 2.17. The van der Waals surface area contributed by atoms with Gasteiger partial charge in [-0.05, 0) is 38.0 Å². The number of anilines is 2. The molecule has 0 unspecified atom stereocenters. The average molecular weight is 328 g/mol. The van der Waals surface area contributed by atoms with Gasteiger partial charge in [-0.3, -0.25) is 4.79 Å². The van der Waals surface area contributed by atoms with Crippen LogP contribution in [0.25, 0.3) is 0 Å². The van der Waals surface area contributed by atoms with Crippen molar-refractivity contribution in [1.82, 2.24) is 9.97 Å². The minimum absolute atomic E-state index is 0.103. The predicted molar refractivity (Wildman–Crippen MR) is 95.5 cm³/mol. The summed E-state index contributed by atoms with van der Waals surface area (Å²) in [5.74, 6) is 0.412. The van der Waals surface area contributed by atoms with E-state index < -0.39 is 0 Å². The van der Waals surface area contributed by atoms with E-state index in [9.17, 15) is 4.79 Å². The first-order valence-corrected chi connectivity index (χ1v) is 8.09. The summed E-state index contributed by atoms with van der Waals surface area (Å²) in [7, 11) is 1.67. The van der Waals surface area contributed by atoms with E-state index in [2.05, 4.69) is 15.3 Å². The van der Waals surface area contributed by atoms with Gasteiger partial charge in [0.1, 0.15) is 0 Å². The standard InChI is InChI=1S/C18H24N4O2/c1-4-22(16-8-5-7-14(2)11-16)17(23)15-12-20-18(21-13-15)19-9-6-10-24-3/h5,7-8,11-13H,4,6,9-10H2,1-3H3,(H,19,20,21). The summed E-state index contributed by atoms with van der Waals surface area (Å²) in [6, 6.07) is 7.88. The smallest absolute Gasteiger partial charge is 0.261 e. The first-order chi connectivity index (χ1) is 11.7. The molecule has 0 aliphatic rings. The summed E-state index contributed by atoms with van der Waals surface area (Å²) in [5.41, 5.74) is 2.47. The van der Waals surface area contributed by atoms with E-state index in [0.717, 1.165) is 24.2 Å². The van der Waals surface area contributed by atoms with Crippen molar-refractivity contribution in [3.63, 3.8) is 0 Å². The number of nitrogens with one attached hydrogen (secondary N) is 1. The molecule has 24 heavy (non-hydrogen) atoms. The Balaban J connectivity index is 2.05. The van der Waals surface area contributed by atoms with Gasteiger partial charge in [-0.1, -0.05) is 12.1 Å². The highest BCUT2D eigenvalue weighted by atomic mass is 16.5. The zero-order valence-corrected chi connectivity index (χ0v) is 14.5. The molecule has 1 aromatic carbocycles. The van der Waals surface area contributed by atoms with Crippen LogP contribution >= 0.6 is 0 Å². The summed E-state index contributed by atoms with van der Waals surface area (Å²) < 4.78 is 4.99. The van der Waals surface area contributed by atoms with Gasteiger partial charge < -0.3 is 15.0 Å². The Kier molecular flexibility index (Phi) is 6.69. The predicted octanol–water partition coefficient (Wildman–Crippen LogP) is 2.90. The summed E-state index contributed by atoms with van der Waals surface area (Å²) in [5, 5.41) is 3.10. The Morgan fingerprint density at radius 3 is 2.67 bits per heavy atom. The molecule has 0 spiro atoms. The number of carbonyl (C=O) groups is 1. The number of methoxy groups -OCH3 is 1. The van der Waals surface area contributed by atoms with Gasteiger partial charge in [-0.15, -0.1) is 0 Å². The molecule has 0 atom stereocenters. The number of amides is 1. The number of rotatable bonds is 8. The zero-order valence-electron chi connectivity index (χ0n) is 14.5. The third-order valence-electron chi connectivity index (χ3n) is 3.58. The molecule has 2 rings (SSSR count). The molecule has 1 aromatic heterocycles. The molecule has 0 saturated heterocycles. The van der Waals surface area contributed by atoms with E-state index in [4.69, 9.17) is 4.74 Å². The molecular weight excluding hydrogens is 304 g/mol. The quantitative estimate of drug-likeness (QED) is 0.755. The van der Waals surface area contributed by atoms with E-state index in [1.807, 2.05) is 38.1 Å². The van der Waals surface area contributed by atoms with Gasteiger partial charge in [0, 0.05) is 44.9 Å². The lowest BCUT2D eigenvalue weighted by Gasteiger charge is -2.21. The fourth-order valence-corrected chi connectivity index (χ4v) is 2.34.